The molecule has 36 heavy (non-hydrogen) atoms. The quantitative estimate of drug-likeness (QED) is 0.309. The summed E-state index contributed by atoms with van der Waals surface area (Å²) in [6.07, 6.45) is 3.06. The molecule has 2 heterocycles. The van der Waals surface area contributed by atoms with E-state index in [0.717, 1.165) is 21.3 Å². The van der Waals surface area contributed by atoms with Gasteiger partial charge in [-0.2, -0.15) is 0 Å². The van der Waals surface area contributed by atoms with E-state index in [9.17, 15) is 14.7 Å². The van der Waals surface area contributed by atoms with E-state index in [4.69, 9.17) is 4.74 Å². The molecule has 0 radical (unpaired) electrons. The molecule has 3 aromatic carbocycles. The number of thiazole rings is 1. The van der Waals surface area contributed by atoms with Crippen molar-refractivity contribution in [2.24, 2.45) is 0 Å². The van der Waals surface area contributed by atoms with Gasteiger partial charge in [0.15, 0.2) is 16.7 Å². The van der Waals surface area contributed by atoms with Gasteiger partial charge in [-0.05, 0) is 60.9 Å². The maximum Gasteiger partial charge on any atom is 0.296 e. The lowest BCUT2D eigenvalue weighted by Gasteiger charge is -2.24. The Morgan fingerprint density at radius 3 is 2.58 bits per heavy atom. The van der Waals surface area contributed by atoms with E-state index in [1.807, 2.05) is 62.4 Å². The van der Waals surface area contributed by atoms with E-state index in [-0.39, 0.29) is 5.57 Å². The van der Waals surface area contributed by atoms with Crippen LogP contribution in [-0.4, -0.2) is 28.4 Å². The molecule has 0 spiro atoms. The van der Waals surface area contributed by atoms with Gasteiger partial charge >= 0.3 is 0 Å². The Balaban J connectivity index is 1.59. The van der Waals surface area contributed by atoms with Gasteiger partial charge in [0.25, 0.3) is 5.91 Å². The molecule has 180 valence electrons. The number of allylic oxidation sites excluding steroid dienone is 1. The van der Waals surface area contributed by atoms with Crippen molar-refractivity contribution in [3.8, 4) is 5.75 Å². The minimum absolute atomic E-state index is 0.0202. The minimum atomic E-state index is -0.831. The number of aliphatic hydroxyl groups excluding tert-OH is 1. The number of aryl methyl sites for hydroxylation is 1. The summed E-state index contributed by atoms with van der Waals surface area (Å²) < 4.78 is 6.48. The average Bonchev–Trinajstić information content (AvgIpc) is 3.41. The van der Waals surface area contributed by atoms with Crippen LogP contribution in [-0.2, 0) is 9.59 Å². The van der Waals surface area contributed by atoms with E-state index in [2.05, 4.69) is 4.98 Å². The van der Waals surface area contributed by atoms with Crippen molar-refractivity contribution in [2.45, 2.75) is 19.9 Å². The van der Waals surface area contributed by atoms with Crippen LogP contribution in [0.4, 0.5) is 5.13 Å². The Labute approximate surface area is 212 Å². The molecule has 1 aliphatic heterocycles. The van der Waals surface area contributed by atoms with Crippen molar-refractivity contribution in [3.05, 3.63) is 107 Å². The summed E-state index contributed by atoms with van der Waals surface area (Å²) in [5, 5.41) is 11.3. The number of aromatic nitrogens is 1. The van der Waals surface area contributed by atoms with Crippen LogP contribution in [0, 0.1) is 6.92 Å². The van der Waals surface area contributed by atoms with Crippen LogP contribution in [0.25, 0.3) is 16.3 Å². The Hall–Kier alpha value is -4.23. The first kappa shape index (κ1) is 23.5. The number of benzene rings is 3. The highest BCUT2D eigenvalue weighted by molar-refractivity contribution is 7.22. The summed E-state index contributed by atoms with van der Waals surface area (Å²) >= 11 is 1.35. The van der Waals surface area contributed by atoms with Crippen LogP contribution >= 0.6 is 11.3 Å². The number of aliphatic hydroxyl groups is 1. The van der Waals surface area contributed by atoms with E-state index < -0.39 is 23.5 Å². The van der Waals surface area contributed by atoms with Gasteiger partial charge in [0, 0.05) is 0 Å². The van der Waals surface area contributed by atoms with Crippen molar-refractivity contribution in [1.29, 1.82) is 0 Å². The second-order valence-corrected chi connectivity index (χ2v) is 9.43. The molecule has 0 fully saturated rings. The van der Waals surface area contributed by atoms with E-state index >= 15 is 0 Å². The fourth-order valence-electron chi connectivity index (χ4n) is 4.23. The molecule has 7 heteroatoms. The molecule has 1 amide bonds. The second kappa shape index (κ2) is 9.79. The Bertz CT molecular complexity index is 1500. The number of carbonyl (C=O) groups is 2. The fourth-order valence-corrected chi connectivity index (χ4v) is 5.32. The molecular formula is C29H24N2O4S. The number of nitrogens with zero attached hydrogens (tertiary/aromatic N) is 2. The zero-order valence-electron chi connectivity index (χ0n) is 19.8. The monoisotopic (exact) mass is 496 g/mol. The van der Waals surface area contributed by atoms with Crippen LogP contribution in [0.15, 0.2) is 90.2 Å². The van der Waals surface area contributed by atoms with E-state index in [1.54, 1.807) is 30.3 Å². The third-order valence-corrected chi connectivity index (χ3v) is 6.96. The van der Waals surface area contributed by atoms with Gasteiger partial charge < -0.3 is 9.84 Å². The van der Waals surface area contributed by atoms with Gasteiger partial charge in [0.05, 0.1) is 28.4 Å². The molecule has 1 aliphatic rings. The summed E-state index contributed by atoms with van der Waals surface area (Å²) in [5.41, 5.74) is 3.36. The molecule has 0 bridgehead atoms. The van der Waals surface area contributed by atoms with Crippen LogP contribution in [0.5, 0.6) is 5.75 Å². The lowest BCUT2D eigenvalue weighted by atomic mass is 9.95. The molecule has 0 aliphatic carbocycles. The Morgan fingerprint density at radius 1 is 1.11 bits per heavy atom. The molecular weight excluding hydrogens is 472 g/mol. The van der Waals surface area contributed by atoms with Crippen LogP contribution in [0.3, 0.4) is 0 Å². The molecule has 5 rings (SSSR count). The number of amides is 1. The predicted molar refractivity (Wildman–Crippen MR) is 142 cm³/mol. The van der Waals surface area contributed by atoms with Crippen LogP contribution in [0.2, 0.25) is 0 Å². The highest BCUT2D eigenvalue weighted by Crippen LogP contribution is 2.44. The summed E-state index contributed by atoms with van der Waals surface area (Å²) in [7, 11) is 0. The maximum absolute atomic E-state index is 13.4. The lowest BCUT2D eigenvalue weighted by molar-refractivity contribution is -0.117. The first-order valence-corrected chi connectivity index (χ1v) is 12.4. The molecule has 1 unspecified atom stereocenters. The van der Waals surface area contributed by atoms with Gasteiger partial charge in [0.2, 0.25) is 0 Å². The van der Waals surface area contributed by atoms with Crippen molar-refractivity contribution >= 4 is 44.5 Å². The van der Waals surface area contributed by atoms with Gasteiger partial charge in [-0.25, -0.2) is 4.98 Å². The normalized spacial score (nSPS) is 15.9. The number of anilines is 1. The van der Waals surface area contributed by atoms with Crippen LogP contribution in [0.1, 0.15) is 29.7 Å². The molecule has 1 N–H and O–H groups in total. The molecule has 1 atom stereocenters. The molecule has 0 saturated carbocycles. The van der Waals surface area contributed by atoms with Gasteiger partial charge in [-0.3, -0.25) is 14.5 Å². The maximum atomic E-state index is 13.4. The molecule has 1 aromatic heterocycles. The third-order valence-electron chi connectivity index (χ3n) is 5.95. The van der Waals surface area contributed by atoms with Crippen LogP contribution < -0.4 is 9.64 Å². The summed E-state index contributed by atoms with van der Waals surface area (Å²) in [4.78, 5) is 32.8. The van der Waals surface area contributed by atoms with Crippen molar-refractivity contribution in [3.63, 3.8) is 0 Å². The third kappa shape index (κ3) is 4.41. The van der Waals surface area contributed by atoms with Crippen molar-refractivity contribution in [2.75, 3.05) is 11.5 Å². The first-order chi connectivity index (χ1) is 17.5. The smallest absolute Gasteiger partial charge is 0.296 e. The summed E-state index contributed by atoms with van der Waals surface area (Å²) in [5.74, 6) is -0.978. The average molecular weight is 497 g/mol. The van der Waals surface area contributed by atoms with Gasteiger partial charge in [-0.1, -0.05) is 65.9 Å². The molecule has 0 saturated heterocycles. The SMILES string of the molecule is CCOc1ccc(C2C(C(=O)/C=C/c3ccccc3)=C(O)C(=O)N2c2nc3ccc(C)cc3s2)cc1. The summed E-state index contributed by atoms with van der Waals surface area (Å²) in [6.45, 7) is 4.41. The van der Waals surface area contributed by atoms with Crippen molar-refractivity contribution < 1.29 is 19.4 Å². The highest BCUT2D eigenvalue weighted by atomic mass is 32.1. The zero-order chi connectivity index (χ0) is 25.2. The first-order valence-electron chi connectivity index (χ1n) is 11.6. The molecule has 6 nitrogen and oxygen atoms in total. The Morgan fingerprint density at radius 2 is 1.86 bits per heavy atom. The number of fused-ring (bicyclic) bond motifs is 1. The fraction of sp³-hybridized carbons (Fsp3) is 0.138. The second-order valence-electron chi connectivity index (χ2n) is 8.42. The number of hydrogen-bond acceptors (Lipinski definition) is 6. The largest absolute Gasteiger partial charge is 0.503 e. The summed E-state index contributed by atoms with van der Waals surface area (Å²) in [6, 6.07) is 21.6. The van der Waals surface area contributed by atoms with Gasteiger partial charge in [-0.15, -0.1) is 0 Å². The zero-order valence-corrected chi connectivity index (χ0v) is 20.7. The van der Waals surface area contributed by atoms with Gasteiger partial charge in [0.1, 0.15) is 5.75 Å². The van der Waals surface area contributed by atoms with Crippen molar-refractivity contribution in [1.82, 2.24) is 4.98 Å². The van der Waals surface area contributed by atoms with E-state index in [1.165, 1.54) is 22.3 Å². The standard InChI is InChI=1S/C29H24N2O4S/c1-3-35-21-13-11-20(12-14-21)26-25(23(32)16-10-19-7-5-4-6-8-19)27(33)28(34)31(26)29-30-22-15-9-18(2)17-24(22)36-29/h4-17,26,33H,3H2,1-2H3/b16-10+. The lowest BCUT2D eigenvalue weighted by Crippen LogP contribution is -2.30. The van der Waals surface area contributed by atoms with E-state index in [0.29, 0.717) is 23.1 Å². The minimum Gasteiger partial charge on any atom is -0.503 e. The topological polar surface area (TPSA) is 79.7 Å². The number of ether oxygens (including phenoxy) is 1. The Kier molecular flexibility index (Phi) is 6.40. The number of hydrogen-bond donors (Lipinski definition) is 1. The number of carbonyl (C=O) groups excluding carboxylic acids is 2. The molecule has 4 aromatic rings. The number of ketones is 1. The predicted octanol–water partition coefficient (Wildman–Crippen LogP) is 6.19. The number of rotatable bonds is 7. The highest BCUT2D eigenvalue weighted by Gasteiger charge is 2.45.